The Bertz CT molecular complexity index is 735. The van der Waals surface area contributed by atoms with Gasteiger partial charge in [-0.25, -0.2) is 4.68 Å². The summed E-state index contributed by atoms with van der Waals surface area (Å²) in [5.41, 5.74) is 1.81. The van der Waals surface area contributed by atoms with E-state index >= 15 is 0 Å². The summed E-state index contributed by atoms with van der Waals surface area (Å²) in [6, 6.07) is 7.74. The summed E-state index contributed by atoms with van der Waals surface area (Å²) in [7, 11) is 0. The number of rotatable bonds is 3. The number of fused-ring (bicyclic) bond motifs is 1. The van der Waals surface area contributed by atoms with E-state index in [1.165, 1.54) is 18.3 Å². The highest BCUT2D eigenvalue weighted by atomic mass is 32.2. The third-order valence-electron chi connectivity index (χ3n) is 2.38. The molecule has 96 valence electrons. The number of nitrogens with zero attached hydrogens (tertiary/aromatic N) is 5. The molecule has 0 bridgehead atoms. The van der Waals surface area contributed by atoms with E-state index in [-0.39, 0.29) is 5.12 Å². The van der Waals surface area contributed by atoms with E-state index in [1.807, 2.05) is 24.3 Å². The molecule has 0 saturated heterocycles. The van der Waals surface area contributed by atoms with Gasteiger partial charge in [-0.3, -0.25) is 4.79 Å². The Morgan fingerprint density at radius 1 is 1.32 bits per heavy atom. The summed E-state index contributed by atoms with van der Waals surface area (Å²) in [5.74, 6) is 0. The minimum Gasteiger partial charge on any atom is -0.287 e. The zero-order valence-electron chi connectivity index (χ0n) is 9.98. The molecule has 3 aromatic rings. The summed E-state index contributed by atoms with van der Waals surface area (Å²) < 4.78 is 2.44. The molecule has 8 heteroatoms. The molecule has 19 heavy (non-hydrogen) atoms. The highest BCUT2D eigenvalue weighted by molar-refractivity contribution is 8.14. The van der Waals surface area contributed by atoms with E-state index in [0.717, 1.165) is 27.8 Å². The molecule has 3 rings (SSSR count). The van der Waals surface area contributed by atoms with Crippen LogP contribution in [0.15, 0.2) is 28.6 Å². The number of benzene rings is 1. The molecule has 0 saturated carbocycles. The number of carbonyl (C=O) groups excluding carboxylic acids is 1. The standard InChI is InChI=1S/C11H9N5OS2/c1-7(17)18-11-14-13-10(19-11)6-16-9-5-3-2-4-8(9)12-15-16/h2-5H,6H2,1H3. The van der Waals surface area contributed by atoms with Crippen LogP contribution < -0.4 is 0 Å². The highest BCUT2D eigenvalue weighted by Gasteiger charge is 2.10. The van der Waals surface area contributed by atoms with Gasteiger partial charge in [0.15, 0.2) is 9.45 Å². The Kier molecular flexibility index (Phi) is 3.26. The number of hydrogen-bond acceptors (Lipinski definition) is 7. The second-order valence-corrected chi connectivity index (χ2v) is 6.28. The molecular formula is C11H9N5OS2. The van der Waals surface area contributed by atoms with E-state index in [4.69, 9.17) is 0 Å². The molecule has 0 radical (unpaired) electrons. The summed E-state index contributed by atoms with van der Waals surface area (Å²) in [4.78, 5) is 11.0. The Balaban J connectivity index is 1.84. The average Bonchev–Trinajstić information content (AvgIpc) is 2.97. The normalized spacial score (nSPS) is 11.0. The van der Waals surface area contributed by atoms with Crippen LogP contribution in [0.1, 0.15) is 11.9 Å². The number of aromatic nitrogens is 5. The fourth-order valence-corrected chi connectivity index (χ4v) is 3.32. The van der Waals surface area contributed by atoms with Crippen molar-refractivity contribution in [2.75, 3.05) is 0 Å². The van der Waals surface area contributed by atoms with Crippen LogP contribution in [0.5, 0.6) is 0 Å². The van der Waals surface area contributed by atoms with Crippen LogP contribution in [0.4, 0.5) is 0 Å². The van der Waals surface area contributed by atoms with Crippen LogP contribution in [0.25, 0.3) is 11.0 Å². The predicted octanol–water partition coefficient (Wildman–Crippen LogP) is 1.97. The van der Waals surface area contributed by atoms with Gasteiger partial charge < -0.3 is 0 Å². The van der Waals surface area contributed by atoms with E-state index in [9.17, 15) is 4.79 Å². The third kappa shape index (κ3) is 2.64. The molecule has 0 spiro atoms. The van der Waals surface area contributed by atoms with Gasteiger partial charge in [0.25, 0.3) is 0 Å². The quantitative estimate of drug-likeness (QED) is 0.687. The molecule has 0 fully saturated rings. The van der Waals surface area contributed by atoms with Gasteiger partial charge in [-0.2, -0.15) is 0 Å². The Labute approximate surface area is 116 Å². The molecule has 0 atom stereocenters. The molecule has 2 aromatic heterocycles. The van der Waals surface area contributed by atoms with Crippen LogP contribution in [0.2, 0.25) is 0 Å². The lowest BCUT2D eigenvalue weighted by molar-refractivity contribution is -0.109. The maximum atomic E-state index is 11.0. The van der Waals surface area contributed by atoms with Gasteiger partial charge in [0.05, 0.1) is 12.1 Å². The fraction of sp³-hybridized carbons (Fsp3) is 0.182. The lowest BCUT2D eigenvalue weighted by Gasteiger charge is -1.97. The lowest BCUT2D eigenvalue weighted by Crippen LogP contribution is -2.01. The number of para-hydroxylation sites is 1. The van der Waals surface area contributed by atoms with Crippen LogP contribution in [-0.2, 0) is 11.3 Å². The number of carbonyl (C=O) groups is 1. The maximum Gasteiger partial charge on any atom is 0.192 e. The van der Waals surface area contributed by atoms with Crippen LogP contribution >= 0.6 is 23.1 Å². The molecule has 1 aromatic carbocycles. The SMILES string of the molecule is CC(=O)Sc1nnc(Cn2nnc3ccccc32)s1. The van der Waals surface area contributed by atoms with E-state index in [2.05, 4.69) is 20.5 Å². The molecule has 6 nitrogen and oxygen atoms in total. The molecule has 0 amide bonds. The van der Waals surface area contributed by atoms with Gasteiger partial charge in [-0.15, -0.1) is 15.3 Å². The minimum absolute atomic E-state index is 0.00825. The summed E-state index contributed by atoms with van der Waals surface area (Å²) in [5, 5.41) is 17.0. The van der Waals surface area contributed by atoms with Crippen molar-refractivity contribution in [2.24, 2.45) is 0 Å². The molecule has 2 heterocycles. The first-order valence-electron chi connectivity index (χ1n) is 5.51. The Morgan fingerprint density at radius 2 is 2.16 bits per heavy atom. The van der Waals surface area contributed by atoms with Gasteiger partial charge >= 0.3 is 0 Å². The van der Waals surface area contributed by atoms with Crippen LogP contribution in [0, 0.1) is 0 Å². The Morgan fingerprint density at radius 3 is 3.00 bits per heavy atom. The molecular weight excluding hydrogens is 282 g/mol. The van der Waals surface area contributed by atoms with Crippen molar-refractivity contribution in [3.63, 3.8) is 0 Å². The van der Waals surface area contributed by atoms with E-state index in [1.54, 1.807) is 4.68 Å². The van der Waals surface area contributed by atoms with Crippen molar-refractivity contribution >= 4 is 39.2 Å². The second-order valence-electron chi connectivity index (χ2n) is 3.79. The topological polar surface area (TPSA) is 73.6 Å². The number of hydrogen-bond donors (Lipinski definition) is 0. The van der Waals surface area contributed by atoms with E-state index < -0.39 is 0 Å². The molecule has 0 aliphatic rings. The fourth-order valence-electron chi connectivity index (χ4n) is 1.63. The van der Waals surface area contributed by atoms with Gasteiger partial charge in [-0.1, -0.05) is 28.7 Å². The van der Waals surface area contributed by atoms with Crippen molar-refractivity contribution < 1.29 is 4.79 Å². The first-order chi connectivity index (χ1) is 9.22. The maximum absolute atomic E-state index is 11.0. The summed E-state index contributed by atoms with van der Waals surface area (Å²) >= 11 is 2.50. The highest BCUT2D eigenvalue weighted by Crippen LogP contribution is 2.23. The zero-order chi connectivity index (χ0) is 13.2. The second kappa shape index (κ2) is 5.06. The van der Waals surface area contributed by atoms with Gasteiger partial charge in [0, 0.05) is 6.92 Å². The predicted molar refractivity (Wildman–Crippen MR) is 73.1 cm³/mol. The van der Waals surface area contributed by atoms with Gasteiger partial charge in [0.2, 0.25) is 0 Å². The third-order valence-corrected chi connectivity index (χ3v) is 4.13. The van der Waals surface area contributed by atoms with Crippen molar-refractivity contribution in [1.82, 2.24) is 25.2 Å². The first kappa shape index (κ1) is 12.2. The molecule has 0 aliphatic heterocycles. The largest absolute Gasteiger partial charge is 0.287 e. The lowest BCUT2D eigenvalue weighted by atomic mass is 10.3. The van der Waals surface area contributed by atoms with Crippen molar-refractivity contribution in [3.8, 4) is 0 Å². The molecule has 0 aliphatic carbocycles. The van der Waals surface area contributed by atoms with Crippen molar-refractivity contribution in [2.45, 2.75) is 17.8 Å². The number of thioether (sulfide) groups is 1. The monoisotopic (exact) mass is 291 g/mol. The van der Waals surface area contributed by atoms with E-state index in [0.29, 0.717) is 10.9 Å². The van der Waals surface area contributed by atoms with Crippen molar-refractivity contribution in [3.05, 3.63) is 29.3 Å². The molecule has 0 N–H and O–H groups in total. The summed E-state index contributed by atoms with van der Waals surface area (Å²) in [6.45, 7) is 2.02. The van der Waals surface area contributed by atoms with Crippen molar-refractivity contribution in [1.29, 1.82) is 0 Å². The van der Waals surface area contributed by atoms with Crippen LogP contribution in [-0.4, -0.2) is 30.3 Å². The Hall–Kier alpha value is -1.80. The zero-order valence-corrected chi connectivity index (χ0v) is 11.6. The average molecular weight is 291 g/mol. The van der Waals surface area contributed by atoms with Gasteiger partial charge in [0.1, 0.15) is 10.5 Å². The van der Waals surface area contributed by atoms with Gasteiger partial charge in [-0.05, 0) is 23.9 Å². The molecule has 0 unspecified atom stereocenters. The summed E-state index contributed by atoms with van der Waals surface area (Å²) in [6.07, 6.45) is 0. The smallest absolute Gasteiger partial charge is 0.192 e. The van der Waals surface area contributed by atoms with Crippen LogP contribution in [0.3, 0.4) is 0 Å². The minimum atomic E-state index is 0.00825. The first-order valence-corrected chi connectivity index (χ1v) is 7.15.